The average molecular weight is 268 g/mol. The highest BCUT2D eigenvalue weighted by Gasteiger charge is 2.18. The molecule has 5 nitrogen and oxygen atoms in total. The molecule has 1 aliphatic heterocycles. The molecule has 0 radical (unpaired) electrons. The molecular formula is C15H16N4O. The lowest BCUT2D eigenvalue weighted by molar-refractivity contribution is 0.0724. The highest BCUT2D eigenvalue weighted by molar-refractivity contribution is 5.95. The number of nitrogens with zero attached hydrogens (tertiary/aromatic N) is 4. The van der Waals surface area contributed by atoms with Crippen LogP contribution in [-0.4, -0.2) is 38.8 Å². The van der Waals surface area contributed by atoms with E-state index in [1.165, 1.54) is 12.7 Å². The smallest absolute Gasteiger partial charge is 0.253 e. The van der Waals surface area contributed by atoms with Gasteiger partial charge in [-0.3, -0.25) is 9.78 Å². The van der Waals surface area contributed by atoms with Crippen LogP contribution in [0.15, 0.2) is 37.1 Å². The van der Waals surface area contributed by atoms with Crippen LogP contribution in [0.25, 0.3) is 11.3 Å². The van der Waals surface area contributed by atoms with Crippen molar-refractivity contribution >= 4 is 5.91 Å². The lowest BCUT2D eigenvalue weighted by Gasteiger charge is -2.26. The molecule has 5 heteroatoms. The van der Waals surface area contributed by atoms with E-state index in [4.69, 9.17) is 0 Å². The fourth-order valence-corrected chi connectivity index (χ4v) is 2.43. The van der Waals surface area contributed by atoms with Gasteiger partial charge in [0.15, 0.2) is 0 Å². The molecule has 1 amide bonds. The summed E-state index contributed by atoms with van der Waals surface area (Å²) in [6.45, 7) is 1.70. The molecule has 1 saturated heterocycles. The number of likely N-dealkylation sites (tertiary alicyclic amines) is 1. The summed E-state index contributed by atoms with van der Waals surface area (Å²) in [7, 11) is 0. The Morgan fingerprint density at radius 1 is 1.10 bits per heavy atom. The molecular weight excluding hydrogens is 252 g/mol. The molecule has 1 aliphatic rings. The molecule has 3 rings (SSSR count). The second kappa shape index (κ2) is 5.77. The average Bonchev–Trinajstić information content (AvgIpc) is 2.56. The largest absolute Gasteiger partial charge is 0.339 e. The molecule has 0 saturated carbocycles. The quantitative estimate of drug-likeness (QED) is 0.837. The predicted molar refractivity (Wildman–Crippen MR) is 75.0 cm³/mol. The van der Waals surface area contributed by atoms with Crippen LogP contribution >= 0.6 is 0 Å². The summed E-state index contributed by atoms with van der Waals surface area (Å²) in [4.78, 5) is 26.6. The van der Waals surface area contributed by atoms with Crippen molar-refractivity contribution in [1.82, 2.24) is 19.9 Å². The lowest BCUT2D eigenvalue weighted by atomic mass is 10.1. The Morgan fingerprint density at radius 2 is 1.85 bits per heavy atom. The van der Waals surface area contributed by atoms with E-state index in [2.05, 4.69) is 15.0 Å². The van der Waals surface area contributed by atoms with Crippen molar-refractivity contribution in [3.63, 3.8) is 0 Å². The van der Waals surface area contributed by atoms with Gasteiger partial charge in [-0.15, -0.1) is 0 Å². The van der Waals surface area contributed by atoms with Crippen molar-refractivity contribution in [2.45, 2.75) is 19.3 Å². The van der Waals surface area contributed by atoms with E-state index in [9.17, 15) is 4.79 Å². The number of piperidine rings is 1. The molecule has 0 unspecified atom stereocenters. The Hall–Kier alpha value is -2.30. The van der Waals surface area contributed by atoms with E-state index in [1.807, 2.05) is 11.0 Å². The second-order valence-electron chi connectivity index (χ2n) is 4.91. The molecule has 0 aromatic carbocycles. The maximum atomic E-state index is 12.5. The van der Waals surface area contributed by atoms with Crippen molar-refractivity contribution in [3.05, 3.63) is 42.6 Å². The molecule has 2 aromatic rings. The van der Waals surface area contributed by atoms with E-state index in [0.717, 1.165) is 37.2 Å². The van der Waals surface area contributed by atoms with E-state index in [1.54, 1.807) is 24.7 Å². The molecule has 0 atom stereocenters. The summed E-state index contributed by atoms with van der Waals surface area (Å²) in [5.41, 5.74) is 2.23. The minimum atomic E-state index is 0.0881. The summed E-state index contributed by atoms with van der Waals surface area (Å²) in [5.74, 6) is 0.0881. The Morgan fingerprint density at radius 3 is 2.60 bits per heavy atom. The molecule has 20 heavy (non-hydrogen) atoms. The number of rotatable bonds is 2. The van der Waals surface area contributed by atoms with Crippen molar-refractivity contribution < 1.29 is 4.79 Å². The zero-order valence-electron chi connectivity index (χ0n) is 11.2. The highest BCUT2D eigenvalue weighted by atomic mass is 16.2. The number of hydrogen-bond acceptors (Lipinski definition) is 4. The van der Waals surface area contributed by atoms with Gasteiger partial charge in [-0.25, -0.2) is 9.97 Å². The van der Waals surface area contributed by atoms with E-state index in [0.29, 0.717) is 5.56 Å². The van der Waals surface area contributed by atoms with Crippen molar-refractivity contribution in [2.75, 3.05) is 13.1 Å². The number of carbonyl (C=O) groups excluding carboxylic acids is 1. The molecule has 0 spiro atoms. The maximum Gasteiger partial charge on any atom is 0.253 e. The normalized spacial score (nSPS) is 15.1. The Bertz CT molecular complexity index is 594. The number of aromatic nitrogens is 3. The van der Waals surface area contributed by atoms with Crippen LogP contribution < -0.4 is 0 Å². The zero-order chi connectivity index (χ0) is 13.8. The summed E-state index contributed by atoms with van der Waals surface area (Å²) in [6.07, 6.45) is 9.94. The number of pyridine rings is 1. The second-order valence-corrected chi connectivity index (χ2v) is 4.91. The summed E-state index contributed by atoms with van der Waals surface area (Å²) < 4.78 is 0. The van der Waals surface area contributed by atoms with Gasteiger partial charge in [0.25, 0.3) is 5.91 Å². The fraction of sp³-hybridized carbons (Fsp3) is 0.333. The van der Waals surface area contributed by atoms with E-state index in [-0.39, 0.29) is 5.91 Å². The van der Waals surface area contributed by atoms with Gasteiger partial charge in [0, 0.05) is 42.8 Å². The topological polar surface area (TPSA) is 59.0 Å². The molecule has 1 fully saturated rings. The van der Waals surface area contributed by atoms with Crippen LogP contribution in [0, 0.1) is 0 Å². The molecule has 102 valence electrons. The lowest BCUT2D eigenvalue weighted by Crippen LogP contribution is -2.35. The van der Waals surface area contributed by atoms with Crippen LogP contribution in [0.5, 0.6) is 0 Å². The van der Waals surface area contributed by atoms with Crippen molar-refractivity contribution in [1.29, 1.82) is 0 Å². The standard InChI is InChI=1S/C15H16N4O/c20-15(19-6-2-1-3-7-19)12-4-5-18-14(8-12)13-9-16-11-17-10-13/h4-5,8-11H,1-3,6-7H2. The molecule has 0 N–H and O–H groups in total. The zero-order valence-corrected chi connectivity index (χ0v) is 11.2. The van der Waals surface area contributed by atoms with Gasteiger partial charge in [-0.05, 0) is 31.4 Å². The molecule has 2 aromatic heterocycles. The van der Waals surface area contributed by atoms with Crippen LogP contribution in [-0.2, 0) is 0 Å². The first-order valence-electron chi connectivity index (χ1n) is 6.85. The summed E-state index contributed by atoms with van der Waals surface area (Å²) >= 11 is 0. The third kappa shape index (κ3) is 2.66. The van der Waals surface area contributed by atoms with Gasteiger partial charge in [0.1, 0.15) is 6.33 Å². The number of carbonyl (C=O) groups is 1. The number of amides is 1. The molecule has 0 aliphatic carbocycles. The van der Waals surface area contributed by atoms with E-state index >= 15 is 0 Å². The van der Waals surface area contributed by atoms with Crippen molar-refractivity contribution in [2.24, 2.45) is 0 Å². The van der Waals surface area contributed by atoms with Crippen LogP contribution in [0.3, 0.4) is 0 Å². The fourth-order valence-electron chi connectivity index (χ4n) is 2.43. The first-order valence-corrected chi connectivity index (χ1v) is 6.85. The van der Waals surface area contributed by atoms with Gasteiger partial charge in [-0.2, -0.15) is 0 Å². The van der Waals surface area contributed by atoms with Crippen molar-refractivity contribution in [3.8, 4) is 11.3 Å². The highest BCUT2D eigenvalue weighted by Crippen LogP contribution is 2.18. The summed E-state index contributed by atoms with van der Waals surface area (Å²) in [5, 5.41) is 0. The first-order chi connectivity index (χ1) is 9.84. The third-order valence-corrected chi connectivity index (χ3v) is 3.51. The third-order valence-electron chi connectivity index (χ3n) is 3.51. The maximum absolute atomic E-state index is 12.5. The van der Waals surface area contributed by atoms with Gasteiger partial charge in [-0.1, -0.05) is 0 Å². The first kappa shape index (κ1) is 12.7. The number of hydrogen-bond donors (Lipinski definition) is 0. The van der Waals surface area contributed by atoms with E-state index < -0.39 is 0 Å². The monoisotopic (exact) mass is 268 g/mol. The Labute approximate surface area is 117 Å². The Balaban J connectivity index is 1.85. The van der Waals surface area contributed by atoms with Crippen LogP contribution in [0.1, 0.15) is 29.6 Å². The van der Waals surface area contributed by atoms with Gasteiger partial charge < -0.3 is 4.90 Å². The predicted octanol–water partition coefficient (Wildman–Crippen LogP) is 2.16. The minimum absolute atomic E-state index is 0.0881. The van der Waals surface area contributed by atoms with Crippen LogP contribution in [0.4, 0.5) is 0 Å². The van der Waals surface area contributed by atoms with Gasteiger partial charge in [0.2, 0.25) is 0 Å². The van der Waals surface area contributed by atoms with Crippen LogP contribution in [0.2, 0.25) is 0 Å². The SMILES string of the molecule is O=C(c1ccnc(-c2cncnc2)c1)N1CCCCC1. The summed E-state index contributed by atoms with van der Waals surface area (Å²) in [6, 6.07) is 3.58. The van der Waals surface area contributed by atoms with Gasteiger partial charge >= 0.3 is 0 Å². The minimum Gasteiger partial charge on any atom is -0.339 e. The van der Waals surface area contributed by atoms with Gasteiger partial charge in [0.05, 0.1) is 5.69 Å². The molecule has 0 bridgehead atoms. The Kier molecular flexibility index (Phi) is 3.67. The molecule has 3 heterocycles.